The summed E-state index contributed by atoms with van der Waals surface area (Å²) in [4.78, 5) is 0. The Kier molecular flexibility index (Phi) is 4.22. The molecule has 18 heavy (non-hydrogen) atoms. The fourth-order valence-electron chi connectivity index (χ4n) is 2.50. The van der Waals surface area contributed by atoms with Gasteiger partial charge in [0.2, 0.25) is 5.89 Å². The molecule has 2 N–H and O–H groups in total. The molecule has 1 saturated carbocycles. The van der Waals surface area contributed by atoms with Gasteiger partial charge in [-0.3, -0.25) is 0 Å². The van der Waals surface area contributed by atoms with E-state index < -0.39 is 0 Å². The van der Waals surface area contributed by atoms with Crippen molar-refractivity contribution in [3.63, 3.8) is 0 Å². The van der Waals surface area contributed by atoms with Crippen molar-refractivity contribution in [2.24, 2.45) is 5.41 Å². The Bertz CT molecular complexity index is 375. The molecule has 1 aliphatic carbocycles. The average molecular weight is 252 g/mol. The van der Waals surface area contributed by atoms with Crippen LogP contribution in [0, 0.1) is 5.41 Å². The van der Waals surface area contributed by atoms with Crippen molar-refractivity contribution in [2.45, 2.75) is 59.0 Å². The predicted molar refractivity (Wildman–Crippen MR) is 71.3 cm³/mol. The quantitative estimate of drug-likeness (QED) is 0.762. The molecule has 0 bridgehead atoms. The summed E-state index contributed by atoms with van der Waals surface area (Å²) in [5, 5.41) is 14.7. The maximum Gasteiger partial charge on any atom is 0.315 e. The molecule has 0 saturated heterocycles. The van der Waals surface area contributed by atoms with E-state index in [1.807, 2.05) is 0 Å². The topological polar surface area (TPSA) is 63.0 Å². The first-order valence-corrected chi connectivity index (χ1v) is 6.91. The molecule has 1 fully saturated rings. The second kappa shape index (κ2) is 5.69. The zero-order chi connectivity index (χ0) is 13.0. The summed E-state index contributed by atoms with van der Waals surface area (Å²) in [6.45, 7) is 8.34. The van der Waals surface area contributed by atoms with E-state index in [-0.39, 0.29) is 0 Å². The Labute approximate surface area is 109 Å². The van der Waals surface area contributed by atoms with Gasteiger partial charge in [0, 0.05) is 6.04 Å². The number of nitrogens with zero attached hydrogens (tertiary/aromatic N) is 2. The van der Waals surface area contributed by atoms with Gasteiger partial charge in [0.15, 0.2) is 0 Å². The fourth-order valence-corrected chi connectivity index (χ4v) is 2.50. The molecule has 0 amide bonds. The van der Waals surface area contributed by atoms with Gasteiger partial charge in [-0.2, -0.15) is 0 Å². The molecule has 1 unspecified atom stereocenters. The minimum Gasteiger partial charge on any atom is -0.407 e. The second-order valence-corrected chi connectivity index (χ2v) is 5.76. The highest BCUT2D eigenvalue weighted by Crippen LogP contribution is 2.38. The van der Waals surface area contributed by atoms with Crippen LogP contribution in [0.3, 0.4) is 0 Å². The van der Waals surface area contributed by atoms with Crippen LogP contribution >= 0.6 is 0 Å². The van der Waals surface area contributed by atoms with Crippen LogP contribution in [-0.2, 0) is 6.54 Å². The van der Waals surface area contributed by atoms with Crippen molar-refractivity contribution in [2.75, 3.05) is 11.9 Å². The van der Waals surface area contributed by atoms with Gasteiger partial charge in [-0.25, -0.2) is 0 Å². The third-order valence-corrected chi connectivity index (χ3v) is 3.72. The summed E-state index contributed by atoms with van der Waals surface area (Å²) >= 11 is 0. The molecule has 0 aliphatic heterocycles. The number of aromatic nitrogens is 2. The Balaban J connectivity index is 1.86. The first-order chi connectivity index (χ1) is 8.62. The number of hydrogen-bond acceptors (Lipinski definition) is 5. The molecule has 5 nitrogen and oxygen atoms in total. The molecular weight excluding hydrogens is 228 g/mol. The summed E-state index contributed by atoms with van der Waals surface area (Å²) in [5.74, 6) is 0.654. The van der Waals surface area contributed by atoms with Crippen molar-refractivity contribution in [3.05, 3.63) is 5.89 Å². The van der Waals surface area contributed by atoms with E-state index >= 15 is 0 Å². The minimum atomic E-state index is 0.315. The van der Waals surface area contributed by atoms with E-state index in [9.17, 15) is 0 Å². The van der Waals surface area contributed by atoms with Crippen LogP contribution in [0.1, 0.15) is 52.3 Å². The van der Waals surface area contributed by atoms with E-state index in [1.54, 1.807) is 0 Å². The molecule has 0 aromatic carbocycles. The van der Waals surface area contributed by atoms with E-state index in [4.69, 9.17) is 4.42 Å². The van der Waals surface area contributed by atoms with Gasteiger partial charge >= 0.3 is 6.01 Å². The fraction of sp³-hybridized carbons (Fsp3) is 0.846. The number of anilines is 1. The smallest absolute Gasteiger partial charge is 0.315 e. The molecule has 1 atom stereocenters. The van der Waals surface area contributed by atoms with Crippen LogP contribution in [0.25, 0.3) is 0 Å². The van der Waals surface area contributed by atoms with Crippen LogP contribution in [-0.4, -0.2) is 22.8 Å². The number of nitrogens with one attached hydrogen (secondary N) is 2. The lowest BCUT2D eigenvalue weighted by atomic mass is 9.87. The van der Waals surface area contributed by atoms with Crippen LogP contribution in [0.15, 0.2) is 4.42 Å². The summed E-state index contributed by atoms with van der Waals surface area (Å²) in [5.41, 5.74) is 0.315. The zero-order valence-corrected chi connectivity index (χ0v) is 11.6. The van der Waals surface area contributed by atoms with Gasteiger partial charge in [-0.1, -0.05) is 32.3 Å². The average Bonchev–Trinajstić information content (AvgIpc) is 2.88. The van der Waals surface area contributed by atoms with Gasteiger partial charge < -0.3 is 15.1 Å². The van der Waals surface area contributed by atoms with E-state index in [2.05, 4.69) is 41.6 Å². The first-order valence-electron chi connectivity index (χ1n) is 6.91. The van der Waals surface area contributed by atoms with Gasteiger partial charge in [0.25, 0.3) is 0 Å². The second-order valence-electron chi connectivity index (χ2n) is 5.76. The van der Waals surface area contributed by atoms with Crippen molar-refractivity contribution < 1.29 is 4.42 Å². The SMILES string of the molecule is CCCNCc1nnc(NC2CCCC2(C)C)o1. The maximum atomic E-state index is 5.59. The highest BCUT2D eigenvalue weighted by molar-refractivity contribution is 5.22. The van der Waals surface area contributed by atoms with Crippen molar-refractivity contribution in [3.8, 4) is 0 Å². The maximum absolute atomic E-state index is 5.59. The van der Waals surface area contributed by atoms with Crippen molar-refractivity contribution in [1.29, 1.82) is 0 Å². The summed E-state index contributed by atoms with van der Waals surface area (Å²) in [7, 11) is 0. The van der Waals surface area contributed by atoms with Crippen molar-refractivity contribution >= 4 is 6.01 Å². The van der Waals surface area contributed by atoms with Crippen LogP contribution in [0.2, 0.25) is 0 Å². The van der Waals surface area contributed by atoms with Crippen molar-refractivity contribution in [1.82, 2.24) is 15.5 Å². The van der Waals surface area contributed by atoms with Gasteiger partial charge in [-0.15, -0.1) is 5.10 Å². The molecule has 1 heterocycles. The Morgan fingerprint density at radius 1 is 1.39 bits per heavy atom. The largest absolute Gasteiger partial charge is 0.407 e. The molecule has 1 aromatic heterocycles. The van der Waals surface area contributed by atoms with E-state index in [0.29, 0.717) is 29.9 Å². The first kappa shape index (κ1) is 13.3. The van der Waals surface area contributed by atoms with Gasteiger partial charge in [-0.05, 0) is 31.2 Å². The van der Waals surface area contributed by atoms with E-state index in [1.165, 1.54) is 19.3 Å². The summed E-state index contributed by atoms with van der Waals surface area (Å²) in [6.07, 6.45) is 4.81. The molecule has 102 valence electrons. The number of rotatable bonds is 6. The molecule has 2 rings (SSSR count). The lowest BCUT2D eigenvalue weighted by molar-refractivity contribution is 0.342. The van der Waals surface area contributed by atoms with Crippen LogP contribution in [0.5, 0.6) is 0 Å². The third kappa shape index (κ3) is 3.22. The van der Waals surface area contributed by atoms with Crippen LogP contribution in [0.4, 0.5) is 6.01 Å². The van der Waals surface area contributed by atoms with E-state index in [0.717, 1.165) is 13.0 Å². The lowest BCUT2D eigenvalue weighted by Gasteiger charge is -2.26. The Morgan fingerprint density at radius 3 is 2.89 bits per heavy atom. The predicted octanol–water partition coefficient (Wildman–Crippen LogP) is 2.56. The molecule has 1 aromatic rings. The normalized spacial score (nSPS) is 22.3. The zero-order valence-electron chi connectivity index (χ0n) is 11.6. The summed E-state index contributed by atoms with van der Waals surface area (Å²) in [6, 6.07) is 0.998. The molecule has 5 heteroatoms. The van der Waals surface area contributed by atoms with Gasteiger partial charge in [0.05, 0.1) is 6.54 Å². The Hall–Kier alpha value is -1.10. The van der Waals surface area contributed by atoms with Gasteiger partial charge in [0.1, 0.15) is 0 Å². The highest BCUT2D eigenvalue weighted by atomic mass is 16.4. The highest BCUT2D eigenvalue weighted by Gasteiger charge is 2.35. The van der Waals surface area contributed by atoms with Crippen LogP contribution < -0.4 is 10.6 Å². The number of hydrogen-bond donors (Lipinski definition) is 2. The standard InChI is InChI=1S/C13H24N4O/c1-4-8-14-9-11-16-17-12(18-11)15-10-6-5-7-13(10,2)3/h10,14H,4-9H2,1-3H3,(H,15,17). The summed E-state index contributed by atoms with van der Waals surface area (Å²) < 4.78 is 5.59. The molecule has 0 radical (unpaired) electrons. The molecular formula is C13H24N4O. The molecule has 0 spiro atoms. The minimum absolute atomic E-state index is 0.315. The lowest BCUT2D eigenvalue weighted by Crippen LogP contribution is -2.30. The monoisotopic (exact) mass is 252 g/mol. The third-order valence-electron chi connectivity index (χ3n) is 3.72. The molecule has 1 aliphatic rings. The Morgan fingerprint density at radius 2 is 2.22 bits per heavy atom.